The molecule has 1 N–H and O–H groups in total. The fourth-order valence-electron chi connectivity index (χ4n) is 2.80. The maximum Gasteiger partial charge on any atom is 0.242 e. The molecule has 0 bridgehead atoms. The lowest BCUT2D eigenvalue weighted by molar-refractivity contribution is -0.125. The van der Waals surface area contributed by atoms with Crippen molar-refractivity contribution in [1.82, 2.24) is 19.8 Å². The third-order valence-corrected chi connectivity index (χ3v) is 4.05. The Bertz CT molecular complexity index is 726. The standard InChI is InChI=1S/C17H22N4O3/c1-12-18-6-8-21(12)9-7-19-17(22)16(20(2)3)13-4-5-14-15(10-13)24-11-23-14/h4-6,8,10,16H,7,9,11H2,1-3H3,(H,19,22)/t16-/m0/s1. The van der Waals surface area contributed by atoms with E-state index in [4.69, 9.17) is 9.47 Å². The number of carbonyl (C=O) groups excluding carboxylic acids is 1. The van der Waals surface area contributed by atoms with Crippen LogP contribution in [0.4, 0.5) is 0 Å². The Labute approximate surface area is 141 Å². The third kappa shape index (κ3) is 3.35. The first-order chi connectivity index (χ1) is 11.6. The zero-order chi connectivity index (χ0) is 17.1. The maximum absolute atomic E-state index is 12.6. The molecule has 3 rings (SSSR count). The lowest BCUT2D eigenvalue weighted by Gasteiger charge is -2.24. The minimum absolute atomic E-state index is 0.0448. The van der Waals surface area contributed by atoms with Crippen LogP contribution in [-0.4, -0.2) is 47.8 Å². The molecule has 7 nitrogen and oxygen atoms in total. The van der Waals surface area contributed by atoms with E-state index in [0.717, 1.165) is 11.4 Å². The quantitative estimate of drug-likeness (QED) is 0.866. The van der Waals surface area contributed by atoms with E-state index in [1.165, 1.54) is 0 Å². The van der Waals surface area contributed by atoms with E-state index >= 15 is 0 Å². The van der Waals surface area contributed by atoms with Crippen LogP contribution in [0, 0.1) is 6.92 Å². The third-order valence-electron chi connectivity index (χ3n) is 4.05. The summed E-state index contributed by atoms with van der Waals surface area (Å²) in [7, 11) is 3.77. The Hall–Kier alpha value is -2.54. The molecule has 0 saturated heterocycles. The van der Waals surface area contributed by atoms with Crippen molar-refractivity contribution >= 4 is 5.91 Å². The predicted molar refractivity (Wildman–Crippen MR) is 89.0 cm³/mol. The van der Waals surface area contributed by atoms with Crippen molar-refractivity contribution in [3.63, 3.8) is 0 Å². The number of ether oxygens (including phenoxy) is 2. The summed E-state index contributed by atoms with van der Waals surface area (Å²) in [4.78, 5) is 18.7. The number of nitrogens with one attached hydrogen (secondary N) is 1. The molecule has 2 heterocycles. The van der Waals surface area contributed by atoms with Crippen molar-refractivity contribution in [2.24, 2.45) is 0 Å². The Morgan fingerprint density at radius 1 is 1.38 bits per heavy atom. The van der Waals surface area contributed by atoms with Gasteiger partial charge in [0.05, 0.1) is 0 Å². The number of likely N-dealkylation sites (N-methyl/N-ethyl adjacent to an activating group) is 1. The molecule has 1 aromatic carbocycles. The van der Waals surface area contributed by atoms with Crippen molar-refractivity contribution in [2.45, 2.75) is 19.5 Å². The normalized spacial score (nSPS) is 14.0. The average molecular weight is 330 g/mol. The van der Waals surface area contributed by atoms with Gasteiger partial charge in [0, 0.05) is 25.5 Å². The number of aromatic nitrogens is 2. The molecule has 1 aliphatic heterocycles. The molecule has 0 aliphatic carbocycles. The molecule has 0 radical (unpaired) electrons. The summed E-state index contributed by atoms with van der Waals surface area (Å²) in [6.07, 6.45) is 3.66. The van der Waals surface area contributed by atoms with Gasteiger partial charge in [0.1, 0.15) is 11.9 Å². The largest absolute Gasteiger partial charge is 0.454 e. The molecule has 0 unspecified atom stereocenters. The second-order valence-electron chi connectivity index (χ2n) is 5.94. The highest BCUT2D eigenvalue weighted by molar-refractivity contribution is 5.83. The molecule has 1 amide bonds. The molecule has 24 heavy (non-hydrogen) atoms. The van der Waals surface area contributed by atoms with Gasteiger partial charge in [0.2, 0.25) is 12.7 Å². The first-order valence-electron chi connectivity index (χ1n) is 7.87. The van der Waals surface area contributed by atoms with Gasteiger partial charge in [-0.15, -0.1) is 0 Å². The summed E-state index contributed by atoms with van der Waals surface area (Å²) < 4.78 is 12.7. The first-order valence-corrected chi connectivity index (χ1v) is 7.87. The number of benzene rings is 1. The average Bonchev–Trinajstić information content (AvgIpc) is 3.16. The highest BCUT2D eigenvalue weighted by Crippen LogP contribution is 2.35. The van der Waals surface area contributed by atoms with Gasteiger partial charge in [0.15, 0.2) is 11.5 Å². The van der Waals surface area contributed by atoms with Gasteiger partial charge >= 0.3 is 0 Å². The summed E-state index contributed by atoms with van der Waals surface area (Å²) >= 11 is 0. The highest BCUT2D eigenvalue weighted by atomic mass is 16.7. The SMILES string of the molecule is Cc1nccn1CCNC(=O)[C@H](c1ccc2c(c1)OCO2)N(C)C. The number of hydrogen-bond donors (Lipinski definition) is 1. The summed E-state index contributed by atoms with van der Waals surface area (Å²) in [6.45, 7) is 3.41. The van der Waals surface area contributed by atoms with Crippen LogP contribution < -0.4 is 14.8 Å². The number of rotatable bonds is 6. The van der Waals surface area contributed by atoms with Crippen molar-refractivity contribution in [3.8, 4) is 11.5 Å². The molecule has 2 aromatic rings. The summed E-state index contributed by atoms with van der Waals surface area (Å²) in [6, 6.07) is 5.23. The Morgan fingerprint density at radius 2 is 2.17 bits per heavy atom. The molecule has 1 aromatic heterocycles. The number of fused-ring (bicyclic) bond motifs is 1. The fourth-order valence-corrected chi connectivity index (χ4v) is 2.80. The van der Waals surface area contributed by atoms with Gasteiger partial charge in [-0.25, -0.2) is 4.98 Å². The number of nitrogens with zero attached hydrogens (tertiary/aromatic N) is 3. The maximum atomic E-state index is 12.6. The number of amides is 1. The Balaban J connectivity index is 1.66. The molecule has 128 valence electrons. The van der Waals surface area contributed by atoms with Crippen LogP contribution in [0.2, 0.25) is 0 Å². The highest BCUT2D eigenvalue weighted by Gasteiger charge is 2.25. The number of imidazole rings is 1. The lowest BCUT2D eigenvalue weighted by atomic mass is 10.0. The molecule has 0 spiro atoms. The monoisotopic (exact) mass is 330 g/mol. The van der Waals surface area contributed by atoms with Crippen molar-refractivity contribution in [2.75, 3.05) is 27.4 Å². The van der Waals surface area contributed by atoms with E-state index < -0.39 is 0 Å². The first kappa shape index (κ1) is 16.3. The molecule has 0 fully saturated rings. The van der Waals surface area contributed by atoms with Crippen LogP contribution in [0.15, 0.2) is 30.6 Å². The van der Waals surface area contributed by atoms with Crippen LogP contribution in [0.25, 0.3) is 0 Å². The number of hydrogen-bond acceptors (Lipinski definition) is 5. The Kier molecular flexibility index (Phi) is 4.71. The van der Waals surface area contributed by atoms with Crippen molar-refractivity contribution in [3.05, 3.63) is 42.0 Å². The van der Waals surface area contributed by atoms with E-state index in [1.54, 1.807) is 6.20 Å². The van der Waals surface area contributed by atoms with Crippen LogP contribution in [0.3, 0.4) is 0 Å². The second-order valence-corrected chi connectivity index (χ2v) is 5.94. The van der Waals surface area contributed by atoms with E-state index in [0.29, 0.717) is 24.6 Å². The minimum Gasteiger partial charge on any atom is -0.454 e. The van der Waals surface area contributed by atoms with E-state index in [9.17, 15) is 4.79 Å². The topological polar surface area (TPSA) is 68.6 Å². The molecule has 1 atom stereocenters. The minimum atomic E-state index is -0.386. The summed E-state index contributed by atoms with van der Waals surface area (Å²) in [5.41, 5.74) is 0.876. The Morgan fingerprint density at radius 3 is 2.88 bits per heavy atom. The summed E-state index contributed by atoms with van der Waals surface area (Å²) in [5.74, 6) is 2.29. The van der Waals surface area contributed by atoms with Gasteiger partial charge in [-0.1, -0.05) is 6.07 Å². The molecule has 7 heteroatoms. The van der Waals surface area contributed by atoms with E-state index in [2.05, 4.69) is 10.3 Å². The van der Waals surface area contributed by atoms with Gasteiger partial charge < -0.3 is 19.4 Å². The zero-order valence-corrected chi connectivity index (χ0v) is 14.2. The fraction of sp³-hybridized carbons (Fsp3) is 0.412. The van der Waals surface area contributed by atoms with E-state index in [-0.39, 0.29) is 18.7 Å². The summed E-state index contributed by atoms with van der Waals surface area (Å²) in [5, 5.41) is 2.99. The van der Waals surface area contributed by atoms with Crippen LogP contribution >= 0.6 is 0 Å². The smallest absolute Gasteiger partial charge is 0.242 e. The van der Waals surface area contributed by atoms with Gasteiger partial charge in [-0.05, 0) is 38.7 Å². The molecular formula is C17H22N4O3. The molecule has 1 aliphatic rings. The lowest BCUT2D eigenvalue weighted by Crippen LogP contribution is -2.38. The van der Waals surface area contributed by atoms with Gasteiger partial charge in [0.25, 0.3) is 0 Å². The van der Waals surface area contributed by atoms with E-state index in [1.807, 2.05) is 54.9 Å². The molecule has 0 saturated carbocycles. The predicted octanol–water partition coefficient (Wildman–Crippen LogP) is 1.34. The molecular weight excluding hydrogens is 308 g/mol. The van der Waals surface area contributed by atoms with Gasteiger partial charge in [-0.2, -0.15) is 0 Å². The van der Waals surface area contributed by atoms with Crippen molar-refractivity contribution < 1.29 is 14.3 Å². The van der Waals surface area contributed by atoms with Crippen molar-refractivity contribution in [1.29, 1.82) is 0 Å². The number of aryl methyl sites for hydroxylation is 1. The second kappa shape index (κ2) is 6.92. The zero-order valence-electron chi connectivity index (χ0n) is 14.2. The number of carbonyl (C=O) groups is 1. The van der Waals surface area contributed by atoms with Crippen LogP contribution in [0.1, 0.15) is 17.4 Å². The van der Waals surface area contributed by atoms with Gasteiger partial charge in [-0.3, -0.25) is 9.69 Å². The van der Waals surface area contributed by atoms with Crippen LogP contribution in [0.5, 0.6) is 11.5 Å². The van der Waals surface area contributed by atoms with Crippen LogP contribution in [-0.2, 0) is 11.3 Å².